The standard InChI is InChI=1S/C13H20N4OS.ClH/c1-10-7-19-12(15-10)16-11(18)6-17-5-3-13(9-17)2-4-14-8-13;/h7,14H,2-6,8-9H2,1H3,(H,15,16,18);1H. The average Bonchev–Trinajstić information content (AvgIpc) is 3.05. The molecule has 5 nitrogen and oxygen atoms in total. The van der Waals surface area contributed by atoms with E-state index in [-0.39, 0.29) is 18.3 Å². The lowest BCUT2D eigenvalue weighted by Crippen LogP contribution is -2.34. The van der Waals surface area contributed by atoms with Crippen LogP contribution >= 0.6 is 23.7 Å². The molecule has 0 saturated carbocycles. The normalized spacial score (nSPS) is 25.9. The molecular weight excluding hydrogens is 296 g/mol. The molecule has 1 atom stereocenters. The molecule has 1 amide bonds. The average molecular weight is 317 g/mol. The Labute approximate surface area is 129 Å². The van der Waals surface area contributed by atoms with Gasteiger partial charge >= 0.3 is 0 Å². The molecule has 2 N–H and O–H groups in total. The van der Waals surface area contributed by atoms with Crippen LogP contribution in [0.15, 0.2) is 5.38 Å². The quantitative estimate of drug-likeness (QED) is 0.887. The number of hydrogen-bond donors (Lipinski definition) is 2. The van der Waals surface area contributed by atoms with Gasteiger partial charge in [-0.2, -0.15) is 0 Å². The summed E-state index contributed by atoms with van der Waals surface area (Å²) >= 11 is 1.48. The zero-order chi connectivity index (χ0) is 13.3. The third-order valence-electron chi connectivity index (χ3n) is 4.08. The molecule has 1 aromatic rings. The van der Waals surface area contributed by atoms with Crippen molar-refractivity contribution in [1.29, 1.82) is 0 Å². The molecular formula is C13H21ClN4OS. The maximum atomic E-state index is 12.0. The molecule has 1 spiro atoms. The summed E-state index contributed by atoms with van der Waals surface area (Å²) in [4.78, 5) is 18.5. The van der Waals surface area contributed by atoms with Crippen molar-refractivity contribution >= 4 is 34.8 Å². The maximum absolute atomic E-state index is 12.0. The number of thiazole rings is 1. The smallest absolute Gasteiger partial charge is 0.240 e. The van der Waals surface area contributed by atoms with Crippen LogP contribution < -0.4 is 10.6 Å². The van der Waals surface area contributed by atoms with Crippen LogP contribution in [0.5, 0.6) is 0 Å². The molecule has 2 aliphatic heterocycles. The number of halogens is 1. The monoisotopic (exact) mass is 316 g/mol. The van der Waals surface area contributed by atoms with Crippen LogP contribution in [-0.2, 0) is 4.79 Å². The van der Waals surface area contributed by atoms with E-state index in [1.165, 1.54) is 24.2 Å². The lowest BCUT2D eigenvalue weighted by atomic mass is 9.87. The van der Waals surface area contributed by atoms with E-state index < -0.39 is 0 Å². The van der Waals surface area contributed by atoms with Crippen molar-refractivity contribution in [2.24, 2.45) is 5.41 Å². The van der Waals surface area contributed by atoms with E-state index >= 15 is 0 Å². The molecule has 1 aromatic heterocycles. The highest BCUT2D eigenvalue weighted by Gasteiger charge is 2.40. The number of aryl methyl sites for hydroxylation is 1. The van der Waals surface area contributed by atoms with E-state index in [9.17, 15) is 4.79 Å². The van der Waals surface area contributed by atoms with Gasteiger partial charge in [0.1, 0.15) is 0 Å². The lowest BCUT2D eigenvalue weighted by Gasteiger charge is -2.22. The van der Waals surface area contributed by atoms with Crippen molar-refractivity contribution in [3.8, 4) is 0 Å². The van der Waals surface area contributed by atoms with E-state index in [4.69, 9.17) is 0 Å². The Hall–Kier alpha value is -0.690. The van der Waals surface area contributed by atoms with Crippen LogP contribution in [0.1, 0.15) is 18.5 Å². The van der Waals surface area contributed by atoms with Gasteiger partial charge in [0, 0.05) is 18.5 Å². The maximum Gasteiger partial charge on any atom is 0.240 e. The molecule has 0 radical (unpaired) electrons. The van der Waals surface area contributed by atoms with E-state index in [0.29, 0.717) is 17.1 Å². The molecule has 1 unspecified atom stereocenters. The predicted molar refractivity (Wildman–Crippen MR) is 83.7 cm³/mol. The Bertz CT molecular complexity index is 473. The number of nitrogens with zero attached hydrogens (tertiary/aromatic N) is 2. The van der Waals surface area contributed by atoms with E-state index in [1.54, 1.807) is 0 Å². The Kier molecular flexibility index (Phi) is 5.01. The fraction of sp³-hybridized carbons (Fsp3) is 0.692. The van der Waals surface area contributed by atoms with Crippen molar-refractivity contribution in [2.75, 3.05) is 38.0 Å². The lowest BCUT2D eigenvalue weighted by molar-refractivity contribution is -0.117. The fourth-order valence-corrected chi connectivity index (χ4v) is 3.78. The zero-order valence-corrected chi connectivity index (χ0v) is 13.3. The summed E-state index contributed by atoms with van der Waals surface area (Å²) in [6, 6.07) is 0. The number of aromatic nitrogens is 1. The minimum absolute atomic E-state index is 0. The van der Waals surface area contributed by atoms with Gasteiger partial charge in [0.2, 0.25) is 5.91 Å². The van der Waals surface area contributed by atoms with Gasteiger partial charge in [0.15, 0.2) is 5.13 Å². The van der Waals surface area contributed by atoms with Crippen LogP contribution in [0.25, 0.3) is 0 Å². The molecule has 0 bridgehead atoms. The second-order valence-corrected chi connectivity index (χ2v) is 6.59. The first-order valence-corrected chi connectivity index (χ1v) is 7.68. The van der Waals surface area contributed by atoms with Crippen molar-refractivity contribution in [1.82, 2.24) is 15.2 Å². The Balaban J connectivity index is 0.00000147. The van der Waals surface area contributed by atoms with Crippen molar-refractivity contribution in [3.05, 3.63) is 11.1 Å². The summed E-state index contributed by atoms with van der Waals surface area (Å²) in [7, 11) is 0. The molecule has 7 heteroatoms. The highest BCUT2D eigenvalue weighted by molar-refractivity contribution is 7.13. The number of amides is 1. The topological polar surface area (TPSA) is 57.3 Å². The molecule has 2 saturated heterocycles. The fourth-order valence-electron chi connectivity index (χ4n) is 3.08. The largest absolute Gasteiger partial charge is 0.316 e. The van der Waals surface area contributed by atoms with E-state index in [0.717, 1.165) is 31.9 Å². The van der Waals surface area contributed by atoms with Gasteiger partial charge in [-0.05, 0) is 38.3 Å². The highest BCUT2D eigenvalue weighted by Crippen LogP contribution is 2.35. The molecule has 3 rings (SSSR count). The number of nitrogens with one attached hydrogen (secondary N) is 2. The Morgan fingerprint density at radius 3 is 3.10 bits per heavy atom. The van der Waals surface area contributed by atoms with Gasteiger partial charge in [-0.1, -0.05) is 0 Å². The summed E-state index contributed by atoms with van der Waals surface area (Å²) < 4.78 is 0. The molecule has 0 aromatic carbocycles. The molecule has 20 heavy (non-hydrogen) atoms. The predicted octanol–water partition coefficient (Wildman–Crippen LogP) is 1.50. The molecule has 2 aliphatic rings. The van der Waals surface area contributed by atoms with E-state index in [2.05, 4.69) is 20.5 Å². The van der Waals surface area contributed by atoms with Gasteiger partial charge in [0.05, 0.1) is 12.2 Å². The van der Waals surface area contributed by atoms with Crippen LogP contribution in [-0.4, -0.2) is 48.5 Å². The minimum atomic E-state index is 0. The van der Waals surface area contributed by atoms with Gasteiger partial charge < -0.3 is 10.6 Å². The molecule has 2 fully saturated rings. The van der Waals surface area contributed by atoms with Gasteiger partial charge in [-0.25, -0.2) is 4.98 Å². The first-order chi connectivity index (χ1) is 9.15. The van der Waals surface area contributed by atoms with Crippen LogP contribution in [0, 0.1) is 12.3 Å². The second-order valence-electron chi connectivity index (χ2n) is 5.73. The second kappa shape index (κ2) is 6.39. The number of carbonyl (C=O) groups is 1. The van der Waals surface area contributed by atoms with Crippen LogP contribution in [0.3, 0.4) is 0 Å². The third-order valence-corrected chi connectivity index (χ3v) is 4.96. The number of hydrogen-bond acceptors (Lipinski definition) is 5. The van der Waals surface area contributed by atoms with Gasteiger partial charge in [0.25, 0.3) is 0 Å². The number of likely N-dealkylation sites (tertiary alicyclic amines) is 1. The number of carbonyl (C=O) groups excluding carboxylic acids is 1. The Morgan fingerprint density at radius 2 is 2.45 bits per heavy atom. The number of rotatable bonds is 3. The minimum Gasteiger partial charge on any atom is -0.316 e. The third kappa shape index (κ3) is 3.49. The SMILES string of the molecule is Cc1csc(NC(=O)CN2CCC3(CCNC3)C2)n1.Cl. The molecule has 112 valence electrons. The first kappa shape index (κ1) is 15.7. The summed E-state index contributed by atoms with van der Waals surface area (Å²) in [5, 5.41) is 8.97. The summed E-state index contributed by atoms with van der Waals surface area (Å²) in [6.07, 6.45) is 2.46. The number of anilines is 1. The van der Waals surface area contributed by atoms with Crippen molar-refractivity contribution < 1.29 is 4.79 Å². The first-order valence-electron chi connectivity index (χ1n) is 6.80. The van der Waals surface area contributed by atoms with Gasteiger partial charge in [-0.15, -0.1) is 23.7 Å². The van der Waals surface area contributed by atoms with Crippen molar-refractivity contribution in [2.45, 2.75) is 19.8 Å². The van der Waals surface area contributed by atoms with Crippen LogP contribution in [0.4, 0.5) is 5.13 Å². The summed E-state index contributed by atoms with van der Waals surface area (Å²) in [5.74, 6) is 0.0531. The summed E-state index contributed by atoms with van der Waals surface area (Å²) in [5.41, 5.74) is 1.38. The van der Waals surface area contributed by atoms with E-state index in [1.807, 2.05) is 12.3 Å². The van der Waals surface area contributed by atoms with Crippen molar-refractivity contribution in [3.63, 3.8) is 0 Å². The molecule has 0 aliphatic carbocycles. The molecule has 3 heterocycles. The van der Waals surface area contributed by atoms with Crippen LogP contribution in [0.2, 0.25) is 0 Å². The van der Waals surface area contributed by atoms with Gasteiger partial charge in [-0.3, -0.25) is 9.69 Å². The Morgan fingerprint density at radius 1 is 1.60 bits per heavy atom. The summed E-state index contributed by atoms with van der Waals surface area (Å²) in [6.45, 7) is 6.73. The zero-order valence-electron chi connectivity index (χ0n) is 11.6. The highest BCUT2D eigenvalue weighted by atomic mass is 35.5.